The summed E-state index contributed by atoms with van der Waals surface area (Å²) >= 11 is 0. The molecule has 3 aliphatic carbocycles. The number of ketones is 1. The fourth-order valence-electron chi connectivity index (χ4n) is 4.69. The van der Waals surface area contributed by atoms with Crippen LogP contribution >= 0.6 is 0 Å². The molecule has 3 atom stereocenters. The number of Topliss-reactive ketones (excluding diaryl/α,β-unsaturated/α-hetero) is 1. The molecule has 3 heteroatoms. The smallest absolute Gasteiger partial charge is 0.307 e. The van der Waals surface area contributed by atoms with E-state index in [1.165, 1.54) is 25.7 Å². The van der Waals surface area contributed by atoms with Crippen LogP contribution in [0.5, 0.6) is 0 Å². The average Bonchev–Trinajstić information content (AvgIpc) is 2.96. The fraction of sp³-hybridized carbons (Fsp3) is 0.857. The normalized spacial score (nSPS) is 42.0. The van der Waals surface area contributed by atoms with Gasteiger partial charge in [-0.25, -0.2) is 0 Å². The van der Waals surface area contributed by atoms with Crippen molar-refractivity contribution >= 4 is 11.8 Å². The number of rotatable bonds is 2. The van der Waals surface area contributed by atoms with Crippen molar-refractivity contribution in [2.24, 2.45) is 23.2 Å². The highest BCUT2D eigenvalue weighted by molar-refractivity contribution is 5.98. The molecule has 0 saturated heterocycles. The zero-order chi connectivity index (χ0) is 12.0. The van der Waals surface area contributed by atoms with Crippen LogP contribution in [0.25, 0.3) is 0 Å². The van der Waals surface area contributed by atoms with Gasteiger partial charge in [-0.1, -0.05) is 25.7 Å². The van der Waals surface area contributed by atoms with Crippen LogP contribution in [0.3, 0.4) is 0 Å². The van der Waals surface area contributed by atoms with E-state index in [1.807, 2.05) is 0 Å². The van der Waals surface area contributed by atoms with E-state index in [0.29, 0.717) is 12.3 Å². The monoisotopic (exact) mass is 236 g/mol. The molecule has 0 amide bonds. The summed E-state index contributed by atoms with van der Waals surface area (Å²) in [6, 6.07) is 0. The molecule has 0 aromatic carbocycles. The Morgan fingerprint density at radius 2 is 1.76 bits per heavy atom. The Bertz CT molecular complexity index is 354. The van der Waals surface area contributed by atoms with Crippen LogP contribution in [0.2, 0.25) is 0 Å². The molecule has 0 radical (unpaired) electrons. The van der Waals surface area contributed by atoms with Gasteiger partial charge in [-0.15, -0.1) is 0 Å². The number of hydrogen-bond donors (Lipinski definition) is 1. The number of fused-ring (bicyclic) bond motifs is 1. The highest BCUT2D eigenvalue weighted by Crippen LogP contribution is 2.71. The van der Waals surface area contributed by atoms with Gasteiger partial charge in [-0.05, 0) is 31.1 Å². The van der Waals surface area contributed by atoms with Crippen molar-refractivity contribution in [3.05, 3.63) is 0 Å². The number of carbonyl (C=O) groups is 2. The zero-order valence-electron chi connectivity index (χ0n) is 10.2. The Hall–Kier alpha value is -0.860. The number of hydrogen-bond acceptors (Lipinski definition) is 2. The van der Waals surface area contributed by atoms with E-state index in [-0.39, 0.29) is 17.6 Å². The number of carboxylic acid groups (broad SMARTS) is 1. The van der Waals surface area contributed by atoms with E-state index in [9.17, 15) is 14.7 Å². The summed E-state index contributed by atoms with van der Waals surface area (Å²) < 4.78 is 0. The van der Waals surface area contributed by atoms with E-state index >= 15 is 0 Å². The van der Waals surface area contributed by atoms with E-state index in [4.69, 9.17) is 0 Å². The first-order valence-electron chi connectivity index (χ1n) is 6.95. The Kier molecular flexibility index (Phi) is 2.53. The maximum atomic E-state index is 12.2. The molecule has 3 rings (SSSR count). The lowest BCUT2D eigenvalue weighted by Crippen LogP contribution is -2.28. The number of carbonyl (C=O) groups excluding carboxylic acids is 1. The molecular weight excluding hydrogens is 216 g/mol. The summed E-state index contributed by atoms with van der Waals surface area (Å²) in [6.07, 6.45) is 8.47. The molecule has 0 spiro atoms. The first-order chi connectivity index (χ1) is 8.19. The molecule has 0 aromatic rings. The van der Waals surface area contributed by atoms with Crippen molar-refractivity contribution in [1.29, 1.82) is 0 Å². The molecule has 0 unspecified atom stereocenters. The van der Waals surface area contributed by atoms with Crippen molar-refractivity contribution in [2.45, 2.75) is 51.4 Å². The predicted molar refractivity (Wildman–Crippen MR) is 62.5 cm³/mol. The minimum Gasteiger partial charge on any atom is -0.481 e. The SMILES string of the molecule is O=C(O)[C@@H]1[C@@H]2CCC(=O)[C@@]12C1CCCCCC1. The van der Waals surface area contributed by atoms with Gasteiger partial charge < -0.3 is 5.11 Å². The van der Waals surface area contributed by atoms with Crippen molar-refractivity contribution in [2.75, 3.05) is 0 Å². The molecule has 3 aliphatic rings. The van der Waals surface area contributed by atoms with Gasteiger partial charge in [0.2, 0.25) is 0 Å². The van der Waals surface area contributed by atoms with Gasteiger partial charge in [0.1, 0.15) is 5.78 Å². The van der Waals surface area contributed by atoms with Crippen LogP contribution < -0.4 is 0 Å². The molecule has 1 N–H and O–H groups in total. The molecule has 0 aromatic heterocycles. The molecule has 3 saturated carbocycles. The van der Waals surface area contributed by atoms with Crippen molar-refractivity contribution in [3.8, 4) is 0 Å². The number of carboxylic acids is 1. The van der Waals surface area contributed by atoms with Gasteiger partial charge >= 0.3 is 5.97 Å². The van der Waals surface area contributed by atoms with Crippen LogP contribution in [0.4, 0.5) is 0 Å². The van der Waals surface area contributed by atoms with Crippen LogP contribution in [-0.2, 0) is 9.59 Å². The summed E-state index contributed by atoms with van der Waals surface area (Å²) in [4.78, 5) is 23.5. The standard InChI is InChI=1S/C14H20O3/c15-11-8-7-10-12(13(16)17)14(10,11)9-5-3-1-2-4-6-9/h9-10,12H,1-8H2,(H,16,17)/t10-,12-,14-/m0/s1. The summed E-state index contributed by atoms with van der Waals surface area (Å²) in [6.45, 7) is 0. The van der Waals surface area contributed by atoms with E-state index in [1.54, 1.807) is 0 Å². The summed E-state index contributed by atoms with van der Waals surface area (Å²) in [5.41, 5.74) is -0.420. The zero-order valence-corrected chi connectivity index (χ0v) is 10.2. The summed E-state index contributed by atoms with van der Waals surface area (Å²) in [5.74, 6) is -0.261. The molecule has 0 heterocycles. The van der Waals surface area contributed by atoms with Crippen molar-refractivity contribution < 1.29 is 14.7 Å². The van der Waals surface area contributed by atoms with E-state index in [2.05, 4.69) is 0 Å². The Morgan fingerprint density at radius 3 is 2.29 bits per heavy atom. The highest BCUT2D eigenvalue weighted by atomic mass is 16.4. The van der Waals surface area contributed by atoms with Gasteiger partial charge in [-0.3, -0.25) is 9.59 Å². The van der Waals surface area contributed by atoms with E-state index in [0.717, 1.165) is 19.3 Å². The van der Waals surface area contributed by atoms with Gasteiger partial charge in [-0.2, -0.15) is 0 Å². The third-order valence-corrected chi connectivity index (χ3v) is 5.38. The average molecular weight is 236 g/mol. The minimum absolute atomic E-state index is 0.176. The van der Waals surface area contributed by atoms with E-state index < -0.39 is 11.4 Å². The van der Waals surface area contributed by atoms with Gasteiger partial charge in [0.15, 0.2) is 0 Å². The molecule has 0 aliphatic heterocycles. The fourth-order valence-corrected chi connectivity index (χ4v) is 4.69. The molecule has 94 valence electrons. The van der Waals surface area contributed by atoms with Crippen LogP contribution in [0.1, 0.15) is 51.4 Å². The maximum absolute atomic E-state index is 12.2. The predicted octanol–water partition coefficient (Wildman–Crippen LogP) is 2.64. The lowest BCUT2D eigenvalue weighted by Gasteiger charge is -2.24. The van der Waals surface area contributed by atoms with Crippen LogP contribution in [-0.4, -0.2) is 16.9 Å². The molecule has 17 heavy (non-hydrogen) atoms. The minimum atomic E-state index is -0.729. The lowest BCUT2D eigenvalue weighted by molar-refractivity contribution is -0.143. The Labute approximate surface area is 102 Å². The maximum Gasteiger partial charge on any atom is 0.307 e. The third-order valence-electron chi connectivity index (χ3n) is 5.38. The molecule has 3 fully saturated rings. The second-order valence-corrected chi connectivity index (χ2v) is 6.01. The second kappa shape index (κ2) is 3.82. The molecular formula is C14H20O3. The van der Waals surface area contributed by atoms with Crippen LogP contribution in [0, 0.1) is 23.2 Å². The van der Waals surface area contributed by atoms with Crippen LogP contribution in [0.15, 0.2) is 0 Å². The van der Waals surface area contributed by atoms with Gasteiger partial charge in [0, 0.05) is 11.8 Å². The summed E-state index contributed by atoms with van der Waals surface area (Å²) in [7, 11) is 0. The van der Waals surface area contributed by atoms with Gasteiger partial charge in [0.05, 0.1) is 5.92 Å². The first-order valence-corrected chi connectivity index (χ1v) is 6.95. The first kappa shape index (κ1) is 11.2. The van der Waals surface area contributed by atoms with Gasteiger partial charge in [0.25, 0.3) is 0 Å². The summed E-state index contributed by atoms with van der Waals surface area (Å²) in [5, 5.41) is 9.29. The van der Waals surface area contributed by atoms with Crippen molar-refractivity contribution in [1.82, 2.24) is 0 Å². The molecule has 3 nitrogen and oxygen atoms in total. The lowest BCUT2D eigenvalue weighted by atomic mass is 9.79. The highest BCUT2D eigenvalue weighted by Gasteiger charge is 2.76. The quantitative estimate of drug-likeness (QED) is 0.750. The van der Waals surface area contributed by atoms with Crippen molar-refractivity contribution in [3.63, 3.8) is 0 Å². The largest absolute Gasteiger partial charge is 0.481 e. The Morgan fingerprint density at radius 1 is 1.12 bits per heavy atom. The topological polar surface area (TPSA) is 54.4 Å². The second-order valence-electron chi connectivity index (χ2n) is 6.01. The third kappa shape index (κ3) is 1.40. The molecule has 0 bridgehead atoms. The number of aliphatic carboxylic acids is 1. The Balaban J connectivity index is 1.87.